The summed E-state index contributed by atoms with van der Waals surface area (Å²) >= 11 is 1.38. The standard InChI is InChI=1S/C28H31N5O3S/c1-36-19-13-11-18(12-14-19)26-32-24-20(9-3-2-4-10-23(34)17-7-5-6-8-17)21(15-30-27(24)33-26)28-31-22(16-37-28)25(29)35/h11-17H,2-10H2,1H3,(H2,29,35)(H,30,32,33). The maximum absolute atomic E-state index is 12.5. The molecule has 0 aliphatic heterocycles. The number of fused-ring (bicyclic) bond motifs is 1. The summed E-state index contributed by atoms with van der Waals surface area (Å²) in [5, 5.41) is 2.38. The van der Waals surface area contributed by atoms with Crippen LogP contribution in [0.1, 0.15) is 67.4 Å². The number of carbonyl (C=O) groups excluding carboxylic acids is 2. The second kappa shape index (κ2) is 11.2. The number of aryl methyl sites for hydroxylation is 1. The molecule has 3 aromatic heterocycles. The summed E-state index contributed by atoms with van der Waals surface area (Å²) in [7, 11) is 1.64. The van der Waals surface area contributed by atoms with E-state index in [1.54, 1.807) is 18.7 Å². The van der Waals surface area contributed by atoms with Gasteiger partial charge in [0, 0.05) is 35.0 Å². The highest BCUT2D eigenvalue weighted by atomic mass is 32.1. The van der Waals surface area contributed by atoms with Crippen LogP contribution in [0.2, 0.25) is 0 Å². The number of amides is 1. The first-order valence-corrected chi connectivity index (χ1v) is 13.7. The van der Waals surface area contributed by atoms with Gasteiger partial charge in [0.25, 0.3) is 5.91 Å². The Hall–Kier alpha value is -3.59. The monoisotopic (exact) mass is 517 g/mol. The molecule has 1 aliphatic rings. The number of benzene rings is 1. The molecule has 37 heavy (non-hydrogen) atoms. The number of hydrogen-bond donors (Lipinski definition) is 2. The molecule has 0 radical (unpaired) electrons. The molecule has 3 N–H and O–H groups in total. The predicted molar refractivity (Wildman–Crippen MR) is 145 cm³/mol. The highest BCUT2D eigenvalue weighted by Crippen LogP contribution is 2.33. The van der Waals surface area contributed by atoms with Crippen LogP contribution >= 0.6 is 11.3 Å². The largest absolute Gasteiger partial charge is 0.497 e. The van der Waals surface area contributed by atoms with Crippen molar-refractivity contribution < 1.29 is 14.3 Å². The predicted octanol–water partition coefficient (Wildman–Crippen LogP) is 5.72. The van der Waals surface area contributed by atoms with Gasteiger partial charge < -0.3 is 15.5 Å². The van der Waals surface area contributed by atoms with Crippen LogP contribution in [0, 0.1) is 5.92 Å². The molecule has 0 bridgehead atoms. The molecular formula is C28H31N5O3S. The number of aromatic amines is 1. The van der Waals surface area contributed by atoms with Crippen LogP contribution in [0.15, 0.2) is 35.8 Å². The van der Waals surface area contributed by atoms with Gasteiger partial charge in [-0.15, -0.1) is 11.3 Å². The molecule has 8 nitrogen and oxygen atoms in total. The van der Waals surface area contributed by atoms with Crippen molar-refractivity contribution in [3.63, 3.8) is 0 Å². The number of hydrogen-bond acceptors (Lipinski definition) is 7. The van der Waals surface area contributed by atoms with E-state index in [4.69, 9.17) is 15.5 Å². The minimum absolute atomic E-state index is 0.250. The minimum atomic E-state index is -0.548. The summed E-state index contributed by atoms with van der Waals surface area (Å²) in [5.41, 5.74) is 10.1. The van der Waals surface area contributed by atoms with Crippen molar-refractivity contribution >= 4 is 34.2 Å². The van der Waals surface area contributed by atoms with Crippen LogP contribution in [0.25, 0.3) is 33.1 Å². The molecule has 9 heteroatoms. The van der Waals surface area contributed by atoms with Gasteiger partial charge >= 0.3 is 0 Å². The van der Waals surface area contributed by atoms with E-state index in [0.717, 1.165) is 72.3 Å². The number of imidazole rings is 1. The smallest absolute Gasteiger partial charge is 0.268 e. The number of H-pyrrole nitrogens is 1. The molecule has 3 heterocycles. The number of primary amides is 1. The third-order valence-corrected chi connectivity index (χ3v) is 8.01. The molecule has 0 spiro atoms. The molecule has 5 rings (SSSR count). The summed E-state index contributed by atoms with van der Waals surface area (Å²) in [6.07, 6.45) is 10.5. The first-order chi connectivity index (χ1) is 18.0. The number of ether oxygens (including phenoxy) is 1. The molecule has 1 saturated carbocycles. The molecule has 1 aromatic carbocycles. The summed E-state index contributed by atoms with van der Waals surface area (Å²) in [4.78, 5) is 41.4. The first-order valence-electron chi connectivity index (χ1n) is 12.8. The second-order valence-corrected chi connectivity index (χ2v) is 10.4. The normalized spacial score (nSPS) is 13.9. The lowest BCUT2D eigenvalue weighted by atomic mass is 9.96. The third-order valence-electron chi connectivity index (χ3n) is 7.14. The zero-order valence-corrected chi connectivity index (χ0v) is 21.8. The average Bonchev–Trinajstić information content (AvgIpc) is 3.69. The Bertz CT molecular complexity index is 1400. The number of nitrogens with two attached hydrogens (primary N) is 1. The first kappa shape index (κ1) is 25.1. The Morgan fingerprint density at radius 1 is 1.11 bits per heavy atom. The Morgan fingerprint density at radius 3 is 2.59 bits per heavy atom. The number of unbranched alkanes of at least 4 members (excludes halogenated alkanes) is 2. The van der Waals surface area contributed by atoms with Crippen LogP contribution in [-0.2, 0) is 11.2 Å². The number of methoxy groups -OCH3 is 1. The molecule has 0 unspecified atom stereocenters. The highest BCUT2D eigenvalue weighted by Gasteiger charge is 2.22. The van der Waals surface area contributed by atoms with Crippen LogP contribution in [0.3, 0.4) is 0 Å². The van der Waals surface area contributed by atoms with Gasteiger partial charge in [0.15, 0.2) is 5.65 Å². The quantitative estimate of drug-likeness (QED) is 0.245. The van der Waals surface area contributed by atoms with Gasteiger partial charge in [-0.05, 0) is 61.9 Å². The van der Waals surface area contributed by atoms with E-state index in [-0.39, 0.29) is 11.6 Å². The summed E-state index contributed by atoms with van der Waals surface area (Å²) < 4.78 is 5.27. The fraction of sp³-hybridized carbons (Fsp3) is 0.393. The number of carbonyl (C=O) groups is 2. The number of ketones is 1. The summed E-state index contributed by atoms with van der Waals surface area (Å²) in [6.45, 7) is 0. The maximum Gasteiger partial charge on any atom is 0.268 e. The SMILES string of the molecule is COc1ccc(-c2nc3ncc(-c4nc(C(N)=O)cs4)c(CCCCCC(=O)C4CCCC4)c3[nH]2)cc1. The summed E-state index contributed by atoms with van der Waals surface area (Å²) in [6, 6.07) is 7.71. The van der Waals surface area contributed by atoms with Gasteiger partial charge in [0.1, 0.15) is 28.1 Å². The lowest BCUT2D eigenvalue weighted by molar-refractivity contribution is -0.122. The van der Waals surface area contributed by atoms with Crippen LogP contribution < -0.4 is 10.5 Å². The van der Waals surface area contributed by atoms with Crippen LogP contribution in [-0.4, -0.2) is 38.7 Å². The lowest BCUT2D eigenvalue weighted by Crippen LogP contribution is -2.11. The number of Topliss-reactive ketones (excluding diaryl/α,β-unsaturated/α-hetero) is 1. The molecule has 1 amide bonds. The molecule has 0 saturated heterocycles. The zero-order valence-electron chi connectivity index (χ0n) is 21.0. The van der Waals surface area contributed by atoms with Crippen molar-refractivity contribution in [3.05, 3.63) is 47.1 Å². The molecule has 1 aliphatic carbocycles. The number of rotatable bonds is 11. The number of aromatic nitrogens is 4. The van der Waals surface area contributed by atoms with Crippen molar-refractivity contribution in [1.29, 1.82) is 0 Å². The van der Waals surface area contributed by atoms with Crippen LogP contribution in [0.4, 0.5) is 0 Å². The van der Waals surface area contributed by atoms with Crippen LogP contribution in [0.5, 0.6) is 5.75 Å². The van der Waals surface area contributed by atoms with Gasteiger partial charge in [-0.3, -0.25) is 9.59 Å². The van der Waals surface area contributed by atoms with Gasteiger partial charge in [-0.25, -0.2) is 15.0 Å². The Labute approximate surface area is 219 Å². The number of thiazole rings is 1. The van der Waals surface area contributed by atoms with E-state index in [0.29, 0.717) is 22.9 Å². The van der Waals surface area contributed by atoms with Crippen molar-refractivity contribution in [3.8, 4) is 27.7 Å². The van der Waals surface area contributed by atoms with E-state index >= 15 is 0 Å². The Balaban J connectivity index is 1.39. The summed E-state index contributed by atoms with van der Waals surface area (Å²) in [5.74, 6) is 1.68. The average molecular weight is 518 g/mol. The van der Waals surface area contributed by atoms with Gasteiger partial charge in [0.2, 0.25) is 0 Å². The molecule has 0 atom stereocenters. The fourth-order valence-electron chi connectivity index (χ4n) is 5.08. The minimum Gasteiger partial charge on any atom is -0.497 e. The molecule has 1 fully saturated rings. The number of pyridine rings is 1. The second-order valence-electron chi connectivity index (χ2n) is 9.57. The van der Waals surface area contributed by atoms with Gasteiger partial charge in [-0.1, -0.05) is 19.3 Å². The number of nitrogens with zero attached hydrogens (tertiary/aromatic N) is 3. The van der Waals surface area contributed by atoms with E-state index in [9.17, 15) is 9.59 Å². The van der Waals surface area contributed by atoms with E-state index < -0.39 is 5.91 Å². The van der Waals surface area contributed by atoms with Crippen molar-refractivity contribution in [1.82, 2.24) is 19.9 Å². The Morgan fingerprint density at radius 2 is 1.89 bits per heavy atom. The number of nitrogens with one attached hydrogen (secondary N) is 1. The van der Waals surface area contributed by atoms with E-state index in [1.165, 1.54) is 24.2 Å². The van der Waals surface area contributed by atoms with Gasteiger partial charge in [0.05, 0.1) is 12.6 Å². The zero-order chi connectivity index (χ0) is 25.8. The van der Waals surface area contributed by atoms with Crippen molar-refractivity contribution in [2.45, 2.75) is 57.8 Å². The molecule has 192 valence electrons. The Kier molecular flexibility index (Phi) is 7.60. The maximum atomic E-state index is 12.5. The third kappa shape index (κ3) is 5.56. The molecule has 4 aromatic rings. The topological polar surface area (TPSA) is 124 Å². The fourth-order valence-corrected chi connectivity index (χ4v) is 5.92. The van der Waals surface area contributed by atoms with Crippen molar-refractivity contribution in [2.24, 2.45) is 11.7 Å². The molecular weight excluding hydrogens is 486 g/mol. The van der Waals surface area contributed by atoms with E-state index in [1.807, 2.05) is 24.3 Å². The van der Waals surface area contributed by atoms with Crippen molar-refractivity contribution in [2.75, 3.05) is 7.11 Å². The van der Waals surface area contributed by atoms with E-state index in [2.05, 4.69) is 15.0 Å². The lowest BCUT2D eigenvalue weighted by Gasteiger charge is -2.10. The highest BCUT2D eigenvalue weighted by molar-refractivity contribution is 7.13. The van der Waals surface area contributed by atoms with Gasteiger partial charge in [-0.2, -0.15) is 0 Å².